The maximum Gasteiger partial charge on any atom is 0.0118 e. The summed E-state index contributed by atoms with van der Waals surface area (Å²) in [5, 5.41) is 0. The first-order valence-corrected chi connectivity index (χ1v) is 7.63. The van der Waals surface area contributed by atoms with Gasteiger partial charge in [0.25, 0.3) is 0 Å². The van der Waals surface area contributed by atoms with Gasteiger partial charge in [-0.25, -0.2) is 0 Å². The SMILES string of the molecule is CSc1ccc(C2(CN)CC2)c(SC)c1. The first-order valence-electron chi connectivity index (χ1n) is 5.18. The summed E-state index contributed by atoms with van der Waals surface area (Å²) in [4.78, 5) is 2.75. The summed E-state index contributed by atoms with van der Waals surface area (Å²) in [6, 6.07) is 6.79. The Labute approximate surface area is 100 Å². The minimum absolute atomic E-state index is 0.315. The summed E-state index contributed by atoms with van der Waals surface area (Å²) >= 11 is 3.64. The second kappa shape index (κ2) is 4.40. The quantitative estimate of drug-likeness (QED) is 0.818. The molecule has 15 heavy (non-hydrogen) atoms. The molecule has 1 aliphatic carbocycles. The fourth-order valence-electron chi connectivity index (χ4n) is 1.97. The van der Waals surface area contributed by atoms with Crippen LogP contribution < -0.4 is 5.73 Å². The van der Waals surface area contributed by atoms with E-state index in [9.17, 15) is 0 Å². The zero-order chi connectivity index (χ0) is 10.9. The third kappa shape index (κ3) is 2.05. The molecule has 1 aromatic carbocycles. The molecule has 1 nitrogen and oxygen atoms in total. The minimum atomic E-state index is 0.315. The van der Waals surface area contributed by atoms with Gasteiger partial charge in [-0.15, -0.1) is 23.5 Å². The molecular weight excluding hydrogens is 222 g/mol. The van der Waals surface area contributed by atoms with Crippen LogP contribution in [0, 0.1) is 0 Å². The number of hydrogen-bond acceptors (Lipinski definition) is 3. The molecule has 1 aliphatic rings. The Balaban J connectivity index is 2.39. The Kier molecular flexibility index (Phi) is 3.33. The van der Waals surface area contributed by atoms with E-state index in [4.69, 9.17) is 5.73 Å². The van der Waals surface area contributed by atoms with Gasteiger partial charge < -0.3 is 5.73 Å². The van der Waals surface area contributed by atoms with Gasteiger partial charge in [0.15, 0.2) is 0 Å². The lowest BCUT2D eigenvalue weighted by molar-refractivity contribution is 0.688. The van der Waals surface area contributed by atoms with Crippen LogP contribution >= 0.6 is 23.5 Å². The summed E-state index contributed by atoms with van der Waals surface area (Å²) in [5.74, 6) is 0. The largest absolute Gasteiger partial charge is 0.330 e. The van der Waals surface area contributed by atoms with Crippen LogP contribution in [0.25, 0.3) is 0 Å². The average molecular weight is 239 g/mol. The number of hydrogen-bond donors (Lipinski definition) is 1. The van der Waals surface area contributed by atoms with E-state index < -0.39 is 0 Å². The van der Waals surface area contributed by atoms with Crippen molar-refractivity contribution in [3.05, 3.63) is 23.8 Å². The molecule has 0 bridgehead atoms. The van der Waals surface area contributed by atoms with Gasteiger partial charge in [-0.2, -0.15) is 0 Å². The van der Waals surface area contributed by atoms with E-state index >= 15 is 0 Å². The molecule has 0 spiro atoms. The maximum atomic E-state index is 5.88. The highest BCUT2D eigenvalue weighted by molar-refractivity contribution is 7.99. The zero-order valence-corrected chi connectivity index (χ0v) is 10.9. The van der Waals surface area contributed by atoms with E-state index in [2.05, 4.69) is 30.7 Å². The Morgan fingerprint density at radius 1 is 1.27 bits per heavy atom. The van der Waals surface area contributed by atoms with Crippen LogP contribution in [-0.4, -0.2) is 19.1 Å². The molecular formula is C12H17NS2. The van der Waals surface area contributed by atoms with Crippen LogP contribution in [0.2, 0.25) is 0 Å². The van der Waals surface area contributed by atoms with Crippen molar-refractivity contribution in [3.63, 3.8) is 0 Å². The number of benzene rings is 1. The van der Waals surface area contributed by atoms with Gasteiger partial charge in [-0.1, -0.05) is 6.07 Å². The van der Waals surface area contributed by atoms with Crippen LogP contribution in [-0.2, 0) is 5.41 Å². The van der Waals surface area contributed by atoms with Crippen molar-refractivity contribution in [2.75, 3.05) is 19.1 Å². The molecule has 0 amide bonds. The first-order chi connectivity index (χ1) is 7.25. The van der Waals surface area contributed by atoms with Crippen molar-refractivity contribution in [2.24, 2.45) is 5.73 Å². The van der Waals surface area contributed by atoms with Gasteiger partial charge in [0.1, 0.15) is 0 Å². The van der Waals surface area contributed by atoms with E-state index in [-0.39, 0.29) is 0 Å². The molecule has 1 fully saturated rings. The lowest BCUT2D eigenvalue weighted by Crippen LogP contribution is -2.20. The third-order valence-corrected chi connectivity index (χ3v) is 4.73. The van der Waals surface area contributed by atoms with E-state index in [0.717, 1.165) is 6.54 Å². The van der Waals surface area contributed by atoms with Crippen molar-refractivity contribution >= 4 is 23.5 Å². The predicted molar refractivity (Wildman–Crippen MR) is 70.0 cm³/mol. The van der Waals surface area contributed by atoms with Gasteiger partial charge >= 0.3 is 0 Å². The minimum Gasteiger partial charge on any atom is -0.330 e. The fraction of sp³-hybridized carbons (Fsp3) is 0.500. The normalized spacial score (nSPS) is 17.8. The van der Waals surface area contributed by atoms with E-state index in [1.165, 1.54) is 28.2 Å². The molecule has 82 valence electrons. The van der Waals surface area contributed by atoms with E-state index in [1.54, 1.807) is 11.8 Å². The summed E-state index contributed by atoms with van der Waals surface area (Å²) in [5.41, 5.74) is 7.66. The predicted octanol–water partition coefficient (Wildman–Crippen LogP) is 3.12. The first kappa shape index (κ1) is 11.4. The third-order valence-electron chi connectivity index (χ3n) is 3.22. The highest BCUT2D eigenvalue weighted by atomic mass is 32.2. The Bertz CT molecular complexity index is 359. The highest BCUT2D eigenvalue weighted by Crippen LogP contribution is 2.50. The molecule has 0 aromatic heterocycles. The molecule has 0 aliphatic heterocycles. The summed E-state index contributed by atoms with van der Waals surface area (Å²) in [6.07, 6.45) is 6.79. The van der Waals surface area contributed by atoms with Crippen LogP contribution in [0.5, 0.6) is 0 Å². The summed E-state index contributed by atoms with van der Waals surface area (Å²) in [6.45, 7) is 0.791. The number of nitrogens with two attached hydrogens (primary N) is 1. The van der Waals surface area contributed by atoms with Crippen molar-refractivity contribution < 1.29 is 0 Å². The zero-order valence-electron chi connectivity index (χ0n) is 9.25. The topological polar surface area (TPSA) is 26.0 Å². The number of thioether (sulfide) groups is 2. The molecule has 0 atom stereocenters. The van der Waals surface area contributed by atoms with Crippen LogP contribution in [0.3, 0.4) is 0 Å². The van der Waals surface area contributed by atoms with Crippen molar-refractivity contribution in [3.8, 4) is 0 Å². The van der Waals surface area contributed by atoms with E-state index in [1.807, 2.05) is 11.8 Å². The molecule has 0 saturated heterocycles. The standard InChI is InChI=1S/C12H17NS2/c1-14-9-3-4-10(11(7-9)15-2)12(8-13)5-6-12/h3-4,7H,5-6,8,13H2,1-2H3. The second-order valence-electron chi connectivity index (χ2n) is 4.05. The second-order valence-corrected chi connectivity index (χ2v) is 5.78. The molecule has 1 saturated carbocycles. The van der Waals surface area contributed by atoms with E-state index in [0.29, 0.717) is 5.41 Å². The molecule has 3 heteroatoms. The van der Waals surface area contributed by atoms with Gasteiger partial charge in [0.05, 0.1) is 0 Å². The van der Waals surface area contributed by atoms with Gasteiger partial charge in [0.2, 0.25) is 0 Å². The lowest BCUT2D eigenvalue weighted by atomic mass is 9.96. The summed E-state index contributed by atoms with van der Waals surface area (Å²) in [7, 11) is 0. The molecule has 1 aromatic rings. The summed E-state index contributed by atoms with van der Waals surface area (Å²) < 4.78 is 0. The van der Waals surface area contributed by atoms with Crippen molar-refractivity contribution in [1.82, 2.24) is 0 Å². The van der Waals surface area contributed by atoms with Crippen LogP contribution in [0.1, 0.15) is 18.4 Å². The lowest BCUT2D eigenvalue weighted by Gasteiger charge is -2.17. The smallest absolute Gasteiger partial charge is 0.0118 e. The molecule has 0 heterocycles. The van der Waals surface area contributed by atoms with Crippen LogP contribution in [0.4, 0.5) is 0 Å². The Hall–Kier alpha value is -0.120. The van der Waals surface area contributed by atoms with Gasteiger partial charge in [-0.3, -0.25) is 0 Å². The molecule has 2 N–H and O–H groups in total. The highest BCUT2D eigenvalue weighted by Gasteiger charge is 2.44. The maximum absolute atomic E-state index is 5.88. The van der Waals surface area contributed by atoms with Gasteiger partial charge in [-0.05, 0) is 43.0 Å². The molecule has 0 unspecified atom stereocenters. The molecule has 0 radical (unpaired) electrons. The monoisotopic (exact) mass is 239 g/mol. The fourth-order valence-corrected chi connectivity index (χ4v) is 3.23. The Morgan fingerprint density at radius 2 is 2.00 bits per heavy atom. The van der Waals surface area contributed by atoms with Crippen molar-refractivity contribution in [2.45, 2.75) is 28.0 Å². The molecule has 2 rings (SSSR count). The Morgan fingerprint density at radius 3 is 2.47 bits per heavy atom. The van der Waals surface area contributed by atoms with Crippen LogP contribution in [0.15, 0.2) is 28.0 Å². The average Bonchev–Trinajstić information content (AvgIpc) is 3.09. The van der Waals surface area contributed by atoms with Gasteiger partial charge in [0, 0.05) is 21.8 Å². The van der Waals surface area contributed by atoms with Crippen molar-refractivity contribution in [1.29, 1.82) is 0 Å². The number of rotatable bonds is 4.